The average Bonchev–Trinajstić information content (AvgIpc) is 1.50. The summed E-state index contributed by atoms with van der Waals surface area (Å²) in [6.45, 7) is 25.2. The largest absolute Gasteiger partial charge is 0.439 e. The summed E-state index contributed by atoms with van der Waals surface area (Å²) in [6.07, 6.45) is 24.2. The number of nitrogens with zero attached hydrogens (tertiary/aromatic N) is 6. The molecule has 0 amide bonds. The molecule has 6 heterocycles. The number of imidazole rings is 1. The molecule has 87 heavy (non-hydrogen) atoms. The third-order valence-corrected chi connectivity index (χ3v) is 16.5. The number of rotatable bonds is 8. The van der Waals surface area contributed by atoms with Gasteiger partial charge in [0.15, 0.2) is 14.6 Å². The van der Waals surface area contributed by atoms with E-state index in [4.69, 9.17) is 18.8 Å². The van der Waals surface area contributed by atoms with E-state index in [0.29, 0.717) is 29.3 Å². The lowest BCUT2D eigenvalue weighted by molar-refractivity contribution is 0.464. The summed E-state index contributed by atoms with van der Waals surface area (Å²) in [5.41, 5.74) is 16.7. The zero-order valence-electron chi connectivity index (χ0n) is 55.2. The molecule has 0 aliphatic carbocycles. The second kappa shape index (κ2) is 22.9. The Labute approximate surface area is 520 Å². The van der Waals surface area contributed by atoms with Gasteiger partial charge in [0.25, 0.3) is 0 Å². The number of nitrogens with one attached hydrogen (secondary N) is 2. The maximum atomic E-state index is 8.93. The van der Waals surface area contributed by atoms with E-state index in [1.807, 2.05) is 102 Å². The SMILES string of the molecule is [2H]C([2H])([2H])n1c(-n2c3ccc(C(C)(C)C)cc3c3ccc(Oc4cc(N5CN(c6c(/C7=C/C=C\N/C=C\C=C/[B]7)cccc6/C6=C/C=C\N/C=C\C=C/[B]6)c6ccccc65)cc(-c5c(C(C)(C)C)cc(C(C)(C)C)cc5C(C)(C)C)n4)cc32)nc2ccccc21. The molecule has 3 aromatic heterocycles. The van der Waals surface area contributed by atoms with E-state index in [2.05, 4.69) is 233 Å². The van der Waals surface area contributed by atoms with Crippen LogP contribution in [0.5, 0.6) is 11.6 Å². The molecule has 0 spiro atoms. The molecule has 12 rings (SSSR count). The van der Waals surface area contributed by atoms with Crippen molar-refractivity contribution in [2.75, 3.05) is 16.5 Å². The van der Waals surface area contributed by atoms with Gasteiger partial charge in [-0.15, -0.1) is 12.0 Å². The van der Waals surface area contributed by atoms with Crippen LogP contribution in [0.4, 0.5) is 22.7 Å². The van der Waals surface area contributed by atoms with Crippen LogP contribution in [0.15, 0.2) is 213 Å². The van der Waals surface area contributed by atoms with Gasteiger partial charge in [-0.3, -0.25) is 4.57 Å². The van der Waals surface area contributed by atoms with Crippen LogP contribution in [-0.2, 0) is 28.6 Å². The molecular formula is C76H78B2N8O. The quantitative estimate of drug-likeness (QED) is 0.147. The molecule has 2 N–H and O–H groups in total. The molecule has 3 aliphatic rings. The normalized spacial score (nSPS) is 18.9. The van der Waals surface area contributed by atoms with Gasteiger partial charge in [-0.1, -0.05) is 179 Å². The van der Waals surface area contributed by atoms with E-state index in [9.17, 15) is 0 Å². The van der Waals surface area contributed by atoms with Gasteiger partial charge >= 0.3 is 0 Å². The summed E-state index contributed by atoms with van der Waals surface area (Å²) in [5, 5.41) is 8.44. The van der Waals surface area contributed by atoms with Crippen LogP contribution < -0.4 is 25.2 Å². The number of pyridine rings is 1. The molecule has 0 fully saturated rings. The van der Waals surface area contributed by atoms with Gasteiger partial charge in [0, 0.05) is 64.4 Å². The molecule has 0 saturated carbocycles. The molecule has 0 atom stereocenters. The third kappa shape index (κ3) is 11.6. The fraction of sp³-hybridized carbons (Fsp3) is 0.237. The standard InChI is InChI=1S/C76H78B2N8O/c1-73(2,3)50-33-36-64-57(43-50)54-35-34-53(48-68(54)86(64)72-82-62-29-14-15-30-65(62)83(72)13)87-69-47-52(46-63(81-69)70-58(75(7,8)9)44-51(74(4,5)6)45-59(70)76(10,11)12)84-49-85(67-32-17-16-31-66(67)84)71-55(60-27-23-41-79-39-20-18-37-77-60)25-22-26-56(71)61-28-24-42-80-40-21-19-38-78-61/h14-48,79-80H,49H2,1-13H3/b37-18-,38-19-,39-20-,40-21-,41-23-,42-24-,60-27-,61-28-/i13D3. The topological polar surface area (TPSA) is 75.4 Å². The van der Waals surface area contributed by atoms with Crippen LogP contribution in [0.25, 0.3) is 61.0 Å². The lowest BCUT2D eigenvalue weighted by Crippen LogP contribution is -2.26. The van der Waals surface area contributed by atoms with Gasteiger partial charge in [0.1, 0.15) is 12.4 Å². The lowest BCUT2D eigenvalue weighted by atomic mass is 9.63. The highest BCUT2D eigenvalue weighted by atomic mass is 16.5. The molecular weight excluding hydrogens is 1060 g/mol. The van der Waals surface area contributed by atoms with E-state index in [1.165, 1.54) is 21.3 Å². The van der Waals surface area contributed by atoms with Crippen LogP contribution in [0, 0.1) is 0 Å². The summed E-state index contributed by atoms with van der Waals surface area (Å²) >= 11 is 0. The second-order valence-electron chi connectivity index (χ2n) is 26.9. The smallest absolute Gasteiger partial charge is 0.221 e. The fourth-order valence-electron chi connectivity index (χ4n) is 12.0. The first-order valence-corrected chi connectivity index (χ1v) is 30.2. The number of ether oxygens (including phenoxy) is 1. The van der Waals surface area contributed by atoms with Gasteiger partial charge in [-0.2, -0.15) is 0 Å². The van der Waals surface area contributed by atoms with Crippen molar-refractivity contribution >= 4 is 81.1 Å². The molecule has 9 nitrogen and oxygen atoms in total. The maximum absolute atomic E-state index is 8.93. The minimum atomic E-state index is -2.55. The van der Waals surface area contributed by atoms with E-state index >= 15 is 0 Å². The highest BCUT2D eigenvalue weighted by Gasteiger charge is 2.35. The van der Waals surface area contributed by atoms with Crippen LogP contribution in [-0.4, -0.2) is 40.3 Å². The average molecular weight is 1140 g/mol. The molecule has 11 heteroatoms. The van der Waals surface area contributed by atoms with E-state index in [1.54, 1.807) is 0 Å². The van der Waals surface area contributed by atoms with E-state index in [-0.39, 0.29) is 27.6 Å². The van der Waals surface area contributed by atoms with Crippen LogP contribution in [0.3, 0.4) is 0 Å². The number of para-hydroxylation sites is 5. The fourth-order valence-corrected chi connectivity index (χ4v) is 12.0. The number of benzene rings is 6. The predicted molar refractivity (Wildman–Crippen MR) is 370 cm³/mol. The van der Waals surface area contributed by atoms with Crippen LogP contribution in [0.1, 0.15) is 121 Å². The zero-order valence-corrected chi connectivity index (χ0v) is 52.2. The van der Waals surface area contributed by atoms with Crippen LogP contribution in [0.2, 0.25) is 0 Å². The van der Waals surface area contributed by atoms with Crippen LogP contribution >= 0.6 is 0 Å². The van der Waals surface area contributed by atoms with Gasteiger partial charge < -0.3 is 29.7 Å². The highest BCUT2D eigenvalue weighted by molar-refractivity contribution is 6.67. The van der Waals surface area contributed by atoms with Crippen molar-refractivity contribution in [2.24, 2.45) is 6.98 Å². The van der Waals surface area contributed by atoms with Crippen molar-refractivity contribution in [3.05, 3.63) is 246 Å². The molecule has 434 valence electrons. The monoisotopic (exact) mass is 1140 g/mol. The zero-order chi connectivity index (χ0) is 63.5. The first kappa shape index (κ1) is 54.4. The Morgan fingerprint density at radius 3 is 1.75 bits per heavy atom. The van der Waals surface area contributed by atoms with E-state index in [0.717, 1.165) is 83.4 Å². The van der Waals surface area contributed by atoms with Crippen molar-refractivity contribution < 1.29 is 8.85 Å². The minimum absolute atomic E-state index is 0.131. The Morgan fingerprint density at radius 1 is 0.517 bits per heavy atom. The first-order valence-electron chi connectivity index (χ1n) is 31.7. The van der Waals surface area contributed by atoms with Crippen molar-refractivity contribution in [3.63, 3.8) is 0 Å². The van der Waals surface area contributed by atoms with Crippen molar-refractivity contribution in [2.45, 2.75) is 105 Å². The van der Waals surface area contributed by atoms with Crippen molar-refractivity contribution in [3.8, 4) is 28.8 Å². The number of hydrogen-bond donors (Lipinski definition) is 2. The predicted octanol–water partition coefficient (Wildman–Crippen LogP) is 18.3. The Bertz CT molecular complexity index is 4440. The molecule has 0 saturated heterocycles. The number of allylic oxidation sites excluding steroid dienone is 8. The highest BCUT2D eigenvalue weighted by Crippen LogP contribution is 2.51. The Hall–Kier alpha value is -9.21. The summed E-state index contributed by atoms with van der Waals surface area (Å²) in [6, 6.07) is 44.4. The Morgan fingerprint density at radius 2 is 1.13 bits per heavy atom. The maximum Gasteiger partial charge on any atom is 0.221 e. The number of hydrogen-bond acceptors (Lipinski definition) is 7. The Balaban J connectivity index is 1.09. The second-order valence-corrected chi connectivity index (χ2v) is 26.9. The molecule has 0 unspecified atom stereocenters. The molecule has 0 bridgehead atoms. The molecule has 3 aliphatic heterocycles. The molecule has 2 radical (unpaired) electrons. The summed E-state index contributed by atoms with van der Waals surface area (Å²) in [5.74, 6) is 5.39. The lowest BCUT2D eigenvalue weighted by Gasteiger charge is -2.34. The summed E-state index contributed by atoms with van der Waals surface area (Å²) < 4.78 is 37.4. The number of anilines is 4. The third-order valence-electron chi connectivity index (χ3n) is 16.5. The number of aromatic nitrogens is 4. The minimum Gasteiger partial charge on any atom is -0.439 e. The first-order chi connectivity index (χ1) is 42.8. The van der Waals surface area contributed by atoms with Gasteiger partial charge in [-0.05, 0) is 134 Å². The molecule has 9 aromatic rings. The van der Waals surface area contributed by atoms with Gasteiger partial charge in [0.2, 0.25) is 11.8 Å². The number of fused-ring (bicyclic) bond motifs is 5. The molecule has 6 aromatic carbocycles. The number of aryl methyl sites for hydroxylation is 1. The van der Waals surface area contributed by atoms with Gasteiger partial charge in [-0.25, -0.2) is 9.97 Å². The summed E-state index contributed by atoms with van der Waals surface area (Å²) in [7, 11) is 4.35. The van der Waals surface area contributed by atoms with Gasteiger partial charge in [0.05, 0.1) is 50.5 Å². The van der Waals surface area contributed by atoms with Crippen molar-refractivity contribution in [1.29, 1.82) is 0 Å². The Kier molecular flexibility index (Phi) is 14.3. The summed E-state index contributed by atoms with van der Waals surface area (Å²) in [4.78, 5) is 15.6. The van der Waals surface area contributed by atoms with E-state index < -0.39 is 6.98 Å². The van der Waals surface area contributed by atoms with Crippen molar-refractivity contribution in [1.82, 2.24) is 29.7 Å².